The molecule has 2 saturated carbocycles. The molecule has 92 heavy (non-hydrogen) atoms. The summed E-state index contributed by atoms with van der Waals surface area (Å²) < 4.78 is 105. The zero-order valence-corrected chi connectivity index (χ0v) is 53.2. The van der Waals surface area contributed by atoms with Crippen LogP contribution in [-0.4, -0.2) is 141 Å². The highest BCUT2D eigenvalue weighted by molar-refractivity contribution is 6.34. The fourth-order valence-electron chi connectivity index (χ4n) is 15.6. The van der Waals surface area contributed by atoms with E-state index in [1.54, 1.807) is 0 Å². The zero-order valence-electron chi connectivity index (χ0n) is 51.6. The van der Waals surface area contributed by atoms with Gasteiger partial charge in [-0.15, -0.1) is 0 Å². The molecule has 2 spiro atoms. The molecule has 2 amide bonds. The van der Waals surface area contributed by atoms with E-state index in [0.29, 0.717) is 140 Å². The molecule has 16 nitrogen and oxygen atoms in total. The van der Waals surface area contributed by atoms with Gasteiger partial charge in [0.05, 0.1) is 93.0 Å². The highest BCUT2D eigenvalue weighted by atomic mass is 35.5. The van der Waals surface area contributed by atoms with E-state index in [4.69, 9.17) is 47.6 Å². The number of aliphatic carboxylic acids is 1. The summed E-state index contributed by atoms with van der Waals surface area (Å²) in [5.74, 6) is -4.17. The van der Waals surface area contributed by atoms with Gasteiger partial charge in [0.2, 0.25) is 11.8 Å². The van der Waals surface area contributed by atoms with Crippen molar-refractivity contribution in [3.05, 3.63) is 115 Å². The van der Waals surface area contributed by atoms with Crippen molar-refractivity contribution in [3.63, 3.8) is 0 Å². The van der Waals surface area contributed by atoms with Crippen molar-refractivity contribution >= 4 is 69.9 Å². The van der Waals surface area contributed by atoms with Gasteiger partial charge in [-0.2, -0.15) is 45.9 Å². The monoisotopic (exact) mass is 1320 g/mol. The largest absolute Gasteiger partial charge is 0.481 e. The van der Waals surface area contributed by atoms with Crippen LogP contribution >= 0.6 is 23.2 Å². The van der Waals surface area contributed by atoms with E-state index >= 15 is 0 Å². The third-order valence-corrected chi connectivity index (χ3v) is 22.0. The predicted molar refractivity (Wildman–Crippen MR) is 325 cm³/mol. The summed E-state index contributed by atoms with van der Waals surface area (Å²) in [5, 5.41) is 18.8. The van der Waals surface area contributed by atoms with Crippen LogP contribution in [0.25, 0.3) is 11.1 Å². The van der Waals surface area contributed by atoms with E-state index in [1.165, 1.54) is 45.8 Å². The number of halogens is 8. The number of likely N-dealkylation sites (tertiary alicyclic amines) is 2. The normalized spacial score (nSPS) is 24.9. The topological polar surface area (TPSA) is 192 Å². The molecule has 2 aromatic carbocycles. The Hall–Kier alpha value is -6.36. The Morgan fingerprint density at radius 1 is 0.576 bits per heavy atom. The van der Waals surface area contributed by atoms with E-state index < -0.39 is 64.3 Å². The average Bonchev–Trinajstić information content (AvgIpc) is 1.56. The fourth-order valence-corrected chi connectivity index (χ4v) is 16.1. The minimum absolute atomic E-state index is 0.00907. The molecule has 14 rings (SSSR count). The molecule has 6 fully saturated rings. The number of nitrogens with zero attached hydrogens (tertiary/aromatic N) is 6. The Morgan fingerprint density at radius 2 is 0.978 bits per heavy atom. The Balaban J connectivity index is 0.000000169. The number of fused-ring (bicyclic) bond motifs is 2. The predicted octanol–water partition coefficient (Wildman–Crippen LogP) is 12.1. The van der Waals surface area contributed by atoms with Crippen LogP contribution < -0.4 is 0 Å². The van der Waals surface area contributed by atoms with Crippen LogP contribution in [-0.2, 0) is 69.9 Å². The highest BCUT2D eigenvalue weighted by Crippen LogP contribution is 2.62. The number of alkyl halides is 6. The second-order valence-electron chi connectivity index (χ2n) is 28.6. The smallest absolute Gasteiger partial charge is 0.398 e. The Kier molecular flexibility index (Phi) is 16.5. The van der Waals surface area contributed by atoms with Crippen molar-refractivity contribution in [1.29, 1.82) is 0 Å². The summed E-state index contributed by atoms with van der Waals surface area (Å²) in [6.07, 6.45) is 1.24. The Morgan fingerprint density at radius 3 is 1.30 bits per heavy atom. The molecule has 492 valence electrons. The summed E-state index contributed by atoms with van der Waals surface area (Å²) >= 11 is 13.0. The second-order valence-corrected chi connectivity index (χ2v) is 29.4. The lowest BCUT2D eigenvalue weighted by Crippen LogP contribution is -2.46. The first-order valence-corrected chi connectivity index (χ1v) is 32.9. The van der Waals surface area contributed by atoms with Gasteiger partial charge in [0.15, 0.2) is 0 Å². The molecular formula is C68H74Cl2F6N6O10. The van der Waals surface area contributed by atoms with Crippen molar-refractivity contribution in [2.75, 3.05) is 52.6 Å². The summed E-state index contributed by atoms with van der Waals surface area (Å²) in [6, 6.07) is 8.39. The van der Waals surface area contributed by atoms with Gasteiger partial charge in [-0.3, -0.25) is 28.8 Å². The lowest BCUT2D eigenvalue weighted by molar-refractivity contribution is -0.161. The van der Waals surface area contributed by atoms with Gasteiger partial charge in [-0.05, 0) is 158 Å². The molecule has 0 radical (unpaired) electrons. The molecular weight excluding hydrogens is 1250 g/mol. The Bertz CT molecular complexity index is 3770. The number of carboxylic acids is 1. The number of carboxylic acid groups (broad SMARTS) is 1. The SMILES string of the molecule is CC(C)(C)OC(=O)[C@@H]1CC=C(c2nn(C(=O)c3c(Cl)cccc3C3(C(F)(F)F)CC3)c3c2CC[C@@H](C(=O)N2CCC4(COC4)C2)C3)CC1.O=C(O)[C@@H]1CC=C(c2nn(C(=O)c3c(Cl)cccc3C3(C(F)(F)F)CC3)c3c2CC[C@@H](C(=O)N2CCC4(COC4)C2)C3)CC1. The quantitative estimate of drug-likeness (QED) is 0.117. The summed E-state index contributed by atoms with van der Waals surface area (Å²) in [5.41, 5.74) is 0.00949. The number of esters is 1. The first kappa shape index (κ1) is 64.4. The van der Waals surface area contributed by atoms with Gasteiger partial charge in [0.1, 0.15) is 5.60 Å². The van der Waals surface area contributed by atoms with Crippen LogP contribution in [0, 0.1) is 34.5 Å². The Labute approximate surface area is 538 Å². The number of ether oxygens (including phenoxy) is 3. The number of amides is 2. The number of hydrogen-bond donors (Lipinski definition) is 1. The number of rotatable bonds is 10. The molecule has 24 heteroatoms. The lowest BCUT2D eigenvalue weighted by atomic mass is 9.82. The summed E-state index contributed by atoms with van der Waals surface area (Å²) in [7, 11) is 0. The van der Waals surface area contributed by atoms with Gasteiger partial charge in [-0.25, -0.2) is 0 Å². The number of carbonyl (C=O) groups is 6. The molecule has 0 unspecified atom stereocenters. The van der Waals surface area contributed by atoms with E-state index in [1.807, 2.05) is 42.7 Å². The second kappa shape index (κ2) is 23.5. The maximum absolute atomic E-state index is 14.5. The average molecular weight is 1320 g/mol. The molecule has 4 saturated heterocycles. The molecule has 1 N–H and O–H groups in total. The van der Waals surface area contributed by atoms with Crippen LogP contribution in [0.3, 0.4) is 0 Å². The van der Waals surface area contributed by atoms with Crippen molar-refractivity contribution < 1.29 is 74.4 Å². The molecule has 4 atom stereocenters. The molecule has 0 bridgehead atoms. The van der Waals surface area contributed by atoms with Gasteiger partial charge in [0, 0.05) is 72.8 Å². The van der Waals surface area contributed by atoms with Crippen molar-refractivity contribution in [2.24, 2.45) is 34.5 Å². The lowest BCUT2D eigenvalue weighted by Gasteiger charge is -2.38. The molecule has 6 heterocycles. The number of carbonyl (C=O) groups excluding carboxylic acids is 5. The molecule has 2 aromatic heterocycles. The maximum Gasteiger partial charge on any atom is 0.398 e. The minimum Gasteiger partial charge on any atom is -0.481 e. The first-order valence-electron chi connectivity index (χ1n) is 32.1. The standard InChI is InChI=1S/C36H41ClF3N3O5.C32H33ClF3N3O5/c1-33(2,3)48-32(46)22-9-7-21(8-10-22)29-24-12-11-23(30(44)42-16-15-34(18-42)19-47-20-34)17-27(24)43(41-29)31(45)28-25(5-4-6-26(28)37)35(13-14-35)36(38,39)40;33-23-3-1-2-22(31(10-11-31)32(34,35)36)25(23)28(41)39-24-14-20(27(40)38-13-12-30(15-38)16-44-17-30)8-9-21(24)26(37-39)18-4-6-19(7-5-18)29(42)43/h4-7,22-23H,8-20H2,1-3H3;1-4,19-20H,5-17H2,(H,42,43)/t22-,23-;19-,20-/m11/s1. The molecule has 10 aliphatic rings. The summed E-state index contributed by atoms with van der Waals surface area (Å²) in [4.78, 5) is 84.4. The minimum atomic E-state index is -4.55. The van der Waals surface area contributed by atoms with Crippen LogP contribution in [0.1, 0.15) is 176 Å². The highest BCUT2D eigenvalue weighted by Gasteiger charge is 2.66. The van der Waals surface area contributed by atoms with E-state index in [2.05, 4.69) is 0 Å². The molecule has 6 aliphatic carbocycles. The number of hydrogen-bond acceptors (Lipinski definition) is 11. The van der Waals surface area contributed by atoms with Crippen LogP contribution in [0.15, 0.2) is 48.6 Å². The third kappa shape index (κ3) is 11.5. The number of aromatic nitrogens is 4. The number of benzene rings is 2. The van der Waals surface area contributed by atoms with Crippen LogP contribution in [0.4, 0.5) is 26.3 Å². The van der Waals surface area contributed by atoms with Gasteiger partial charge < -0.3 is 29.1 Å². The molecule has 4 aliphatic heterocycles. The van der Waals surface area contributed by atoms with Crippen LogP contribution in [0.5, 0.6) is 0 Å². The maximum atomic E-state index is 14.5. The van der Waals surface area contributed by atoms with E-state index in [-0.39, 0.29) is 105 Å². The van der Waals surface area contributed by atoms with Gasteiger partial charge in [-0.1, -0.05) is 59.6 Å². The number of allylic oxidation sites excluding steroid dienone is 4. The van der Waals surface area contributed by atoms with Crippen molar-refractivity contribution in [3.8, 4) is 0 Å². The summed E-state index contributed by atoms with van der Waals surface area (Å²) in [6.45, 7) is 10.7. The fraction of sp³-hybridized carbons (Fsp3) is 0.588. The van der Waals surface area contributed by atoms with Gasteiger partial charge in [0.25, 0.3) is 11.8 Å². The van der Waals surface area contributed by atoms with Crippen LogP contribution in [0.2, 0.25) is 10.0 Å². The third-order valence-electron chi connectivity index (χ3n) is 21.4. The first-order chi connectivity index (χ1) is 43.5. The molecule has 4 aromatic rings. The van der Waals surface area contributed by atoms with Gasteiger partial charge >= 0.3 is 24.3 Å². The van der Waals surface area contributed by atoms with E-state index in [9.17, 15) is 60.2 Å². The van der Waals surface area contributed by atoms with Crippen molar-refractivity contribution in [2.45, 2.75) is 165 Å². The zero-order chi connectivity index (χ0) is 65.2. The van der Waals surface area contributed by atoms with E-state index in [0.717, 1.165) is 35.1 Å². The van der Waals surface area contributed by atoms with Crippen molar-refractivity contribution in [1.82, 2.24) is 29.4 Å².